The molecule has 20 heavy (non-hydrogen) atoms. The number of carbonyl (C=O) groups is 1. The van der Waals surface area contributed by atoms with Gasteiger partial charge in [-0.25, -0.2) is 9.78 Å². The number of piperidine rings is 1. The highest BCUT2D eigenvalue weighted by Crippen LogP contribution is 2.26. The van der Waals surface area contributed by atoms with Gasteiger partial charge in [0.1, 0.15) is 0 Å². The van der Waals surface area contributed by atoms with Gasteiger partial charge < -0.3 is 14.4 Å². The summed E-state index contributed by atoms with van der Waals surface area (Å²) >= 11 is 0. The smallest absolute Gasteiger partial charge is 0.373 e. The third-order valence-corrected chi connectivity index (χ3v) is 4.24. The molecule has 0 spiro atoms. The predicted octanol–water partition coefficient (Wildman–Crippen LogP) is 2.99. The fraction of sp³-hybridized carbons (Fsp3) is 0.733. The lowest BCUT2D eigenvalue weighted by Gasteiger charge is -2.29. The molecule has 0 saturated carbocycles. The Bertz CT molecular complexity index is 436. The molecule has 1 saturated heterocycles. The molecule has 1 fully saturated rings. The number of carboxylic acid groups (broad SMARTS) is 1. The van der Waals surface area contributed by atoms with Crippen LogP contribution in [0.5, 0.6) is 0 Å². The number of nitrogens with zero attached hydrogens (tertiary/aromatic N) is 2. The Kier molecular flexibility index (Phi) is 5.17. The second kappa shape index (κ2) is 6.88. The summed E-state index contributed by atoms with van der Waals surface area (Å²) in [4.78, 5) is 17.2. The van der Waals surface area contributed by atoms with Gasteiger partial charge in [-0.05, 0) is 45.3 Å². The first kappa shape index (κ1) is 15.0. The zero-order valence-electron chi connectivity index (χ0n) is 12.3. The molecule has 0 amide bonds. The molecule has 5 nitrogen and oxygen atoms in total. The third kappa shape index (κ3) is 4.07. The Morgan fingerprint density at radius 3 is 2.85 bits per heavy atom. The van der Waals surface area contributed by atoms with Gasteiger partial charge >= 0.3 is 5.97 Å². The van der Waals surface area contributed by atoms with E-state index in [1.165, 1.54) is 38.5 Å². The van der Waals surface area contributed by atoms with E-state index in [0.29, 0.717) is 5.89 Å². The highest BCUT2D eigenvalue weighted by Gasteiger charge is 2.19. The van der Waals surface area contributed by atoms with Crippen molar-refractivity contribution in [3.63, 3.8) is 0 Å². The summed E-state index contributed by atoms with van der Waals surface area (Å²) in [5.41, 5.74) is 0. The molecule has 1 atom stereocenters. The first-order valence-corrected chi connectivity index (χ1v) is 7.44. The predicted molar refractivity (Wildman–Crippen MR) is 75.9 cm³/mol. The molecule has 1 aromatic rings. The summed E-state index contributed by atoms with van der Waals surface area (Å²) in [7, 11) is 2.18. The van der Waals surface area contributed by atoms with E-state index in [2.05, 4.69) is 16.9 Å². The van der Waals surface area contributed by atoms with Gasteiger partial charge in [0.15, 0.2) is 5.89 Å². The van der Waals surface area contributed by atoms with Gasteiger partial charge in [0.25, 0.3) is 0 Å². The van der Waals surface area contributed by atoms with E-state index in [0.717, 1.165) is 18.8 Å². The standard InChI is InChI=1S/C15H24N2O3/c1-11(14-16-10-13(20-14)15(18)19)4-3-5-12-6-8-17(2)9-7-12/h10-12H,3-9H2,1-2H3,(H,18,19). The largest absolute Gasteiger partial charge is 0.475 e. The van der Waals surface area contributed by atoms with E-state index in [4.69, 9.17) is 9.52 Å². The molecule has 0 radical (unpaired) electrons. The summed E-state index contributed by atoms with van der Waals surface area (Å²) in [6.07, 6.45) is 7.31. The number of hydrogen-bond acceptors (Lipinski definition) is 4. The van der Waals surface area contributed by atoms with Gasteiger partial charge in [-0.3, -0.25) is 0 Å². The fourth-order valence-corrected chi connectivity index (χ4v) is 2.80. The minimum Gasteiger partial charge on any atom is -0.475 e. The molecule has 1 unspecified atom stereocenters. The first-order chi connectivity index (χ1) is 9.56. The zero-order chi connectivity index (χ0) is 14.5. The van der Waals surface area contributed by atoms with Crippen LogP contribution < -0.4 is 0 Å². The van der Waals surface area contributed by atoms with Crippen molar-refractivity contribution in [1.82, 2.24) is 9.88 Å². The van der Waals surface area contributed by atoms with Crippen molar-refractivity contribution in [2.24, 2.45) is 5.92 Å². The highest BCUT2D eigenvalue weighted by molar-refractivity contribution is 5.83. The number of aromatic carboxylic acids is 1. The Morgan fingerprint density at radius 1 is 1.55 bits per heavy atom. The van der Waals surface area contributed by atoms with Crippen molar-refractivity contribution in [3.05, 3.63) is 17.8 Å². The second-order valence-corrected chi connectivity index (χ2v) is 5.95. The molecule has 1 aliphatic rings. The molecule has 2 rings (SSSR count). The minimum atomic E-state index is -1.05. The first-order valence-electron chi connectivity index (χ1n) is 7.44. The van der Waals surface area contributed by atoms with Crippen molar-refractivity contribution in [3.8, 4) is 0 Å². The van der Waals surface area contributed by atoms with Crippen LogP contribution in [0, 0.1) is 5.92 Å². The maximum absolute atomic E-state index is 10.7. The molecular formula is C15H24N2O3. The molecule has 0 aromatic carbocycles. The quantitative estimate of drug-likeness (QED) is 0.867. The average molecular weight is 280 g/mol. The Morgan fingerprint density at radius 2 is 2.25 bits per heavy atom. The van der Waals surface area contributed by atoms with Crippen molar-refractivity contribution in [2.45, 2.75) is 44.9 Å². The molecule has 1 aromatic heterocycles. The van der Waals surface area contributed by atoms with Crippen LogP contribution in [0.3, 0.4) is 0 Å². The summed E-state index contributed by atoms with van der Waals surface area (Å²) in [5, 5.41) is 8.81. The van der Waals surface area contributed by atoms with Crippen LogP contribution >= 0.6 is 0 Å². The van der Waals surface area contributed by atoms with Crippen molar-refractivity contribution >= 4 is 5.97 Å². The molecule has 112 valence electrons. The monoisotopic (exact) mass is 280 g/mol. The Hall–Kier alpha value is -1.36. The van der Waals surface area contributed by atoms with Crippen LogP contribution in [0.1, 0.15) is 61.4 Å². The van der Waals surface area contributed by atoms with Crippen LogP contribution in [0.25, 0.3) is 0 Å². The maximum Gasteiger partial charge on any atom is 0.373 e. The van der Waals surface area contributed by atoms with Crippen molar-refractivity contribution in [1.29, 1.82) is 0 Å². The van der Waals surface area contributed by atoms with Crippen LogP contribution in [0.15, 0.2) is 10.6 Å². The Balaban J connectivity index is 1.71. The molecule has 5 heteroatoms. The lowest BCUT2D eigenvalue weighted by Crippen LogP contribution is -2.30. The number of aromatic nitrogens is 1. The molecule has 1 aliphatic heterocycles. The molecule has 0 bridgehead atoms. The van der Waals surface area contributed by atoms with Gasteiger partial charge in [0.2, 0.25) is 5.76 Å². The van der Waals surface area contributed by atoms with Crippen molar-refractivity contribution in [2.75, 3.05) is 20.1 Å². The summed E-state index contributed by atoms with van der Waals surface area (Å²) in [6, 6.07) is 0. The number of oxazole rings is 1. The van der Waals surface area contributed by atoms with E-state index in [1.807, 2.05) is 6.92 Å². The Labute approximate surface area is 120 Å². The van der Waals surface area contributed by atoms with E-state index >= 15 is 0 Å². The second-order valence-electron chi connectivity index (χ2n) is 5.95. The molecule has 2 heterocycles. The normalized spacial score (nSPS) is 19.1. The lowest BCUT2D eigenvalue weighted by atomic mass is 9.90. The van der Waals surface area contributed by atoms with Gasteiger partial charge in [-0.15, -0.1) is 0 Å². The zero-order valence-corrected chi connectivity index (χ0v) is 12.3. The maximum atomic E-state index is 10.7. The van der Waals surface area contributed by atoms with Crippen LogP contribution in [-0.4, -0.2) is 41.1 Å². The fourth-order valence-electron chi connectivity index (χ4n) is 2.80. The number of likely N-dealkylation sites (tertiary alicyclic amines) is 1. The number of hydrogen-bond donors (Lipinski definition) is 1. The van der Waals surface area contributed by atoms with E-state index in [-0.39, 0.29) is 11.7 Å². The minimum absolute atomic E-state index is 0.0674. The summed E-state index contributed by atoms with van der Waals surface area (Å²) in [6.45, 7) is 4.47. The SMILES string of the molecule is CC(CCCC1CCN(C)CC1)c1ncc(C(=O)O)o1. The number of carboxylic acids is 1. The summed E-state index contributed by atoms with van der Waals surface area (Å²) in [5.74, 6) is 0.460. The van der Waals surface area contributed by atoms with E-state index in [1.54, 1.807) is 0 Å². The van der Waals surface area contributed by atoms with Gasteiger partial charge in [0, 0.05) is 5.92 Å². The number of rotatable bonds is 6. The van der Waals surface area contributed by atoms with Gasteiger partial charge in [-0.2, -0.15) is 0 Å². The average Bonchev–Trinajstić information content (AvgIpc) is 2.91. The summed E-state index contributed by atoms with van der Waals surface area (Å²) < 4.78 is 5.25. The molecular weight excluding hydrogens is 256 g/mol. The van der Waals surface area contributed by atoms with Crippen molar-refractivity contribution < 1.29 is 14.3 Å². The topological polar surface area (TPSA) is 66.6 Å². The van der Waals surface area contributed by atoms with Crippen LogP contribution in [0.2, 0.25) is 0 Å². The lowest BCUT2D eigenvalue weighted by molar-refractivity contribution is 0.0659. The van der Waals surface area contributed by atoms with Crippen LogP contribution in [0.4, 0.5) is 0 Å². The highest BCUT2D eigenvalue weighted by atomic mass is 16.4. The molecule has 1 N–H and O–H groups in total. The van der Waals surface area contributed by atoms with Gasteiger partial charge in [-0.1, -0.05) is 19.8 Å². The van der Waals surface area contributed by atoms with E-state index < -0.39 is 5.97 Å². The molecule has 0 aliphatic carbocycles. The van der Waals surface area contributed by atoms with Crippen LogP contribution in [-0.2, 0) is 0 Å². The van der Waals surface area contributed by atoms with Gasteiger partial charge in [0.05, 0.1) is 6.20 Å². The third-order valence-electron chi connectivity index (χ3n) is 4.24. The van der Waals surface area contributed by atoms with E-state index in [9.17, 15) is 4.79 Å².